The van der Waals surface area contributed by atoms with E-state index in [1.165, 1.54) is 0 Å². The molecular weight excluding hydrogens is 254 g/mol. The number of halogens is 4. The normalized spacial score (nSPS) is 10.4. The van der Waals surface area contributed by atoms with Gasteiger partial charge in [-0.15, -0.1) is 0 Å². The molecule has 0 heterocycles. The molecule has 1 rings (SSSR count). The highest BCUT2D eigenvalue weighted by Gasteiger charge is 2.33. The van der Waals surface area contributed by atoms with Crippen LogP contribution in [-0.2, 0) is 10.9 Å². The van der Waals surface area contributed by atoms with Crippen LogP contribution in [-0.4, -0.2) is 12.7 Å². The van der Waals surface area contributed by atoms with Gasteiger partial charge in [-0.1, -0.05) is 11.8 Å². The standard InChI is InChI=1S/C11H7F4NO2/c12-8-4-3-7(2-1-5-18-10(16)17)9(6-8)11(13,14)15/h3-4,6H,5H2,(H2,16,17). The van der Waals surface area contributed by atoms with Crippen molar-refractivity contribution in [3.8, 4) is 11.8 Å². The maximum atomic E-state index is 12.7. The van der Waals surface area contributed by atoms with Crippen LogP contribution >= 0.6 is 0 Å². The van der Waals surface area contributed by atoms with Gasteiger partial charge in [-0.25, -0.2) is 9.18 Å². The number of primary amides is 1. The Morgan fingerprint density at radius 3 is 2.61 bits per heavy atom. The maximum Gasteiger partial charge on any atom is 0.417 e. The molecule has 0 aliphatic carbocycles. The van der Waals surface area contributed by atoms with E-state index in [-0.39, 0.29) is 0 Å². The number of amides is 1. The van der Waals surface area contributed by atoms with Crippen LogP contribution in [0.3, 0.4) is 0 Å². The minimum atomic E-state index is -4.71. The van der Waals surface area contributed by atoms with Crippen LogP contribution < -0.4 is 5.73 Å². The Hall–Kier alpha value is -2.23. The molecule has 0 saturated heterocycles. The molecule has 1 aromatic carbocycles. The molecule has 0 aliphatic rings. The summed E-state index contributed by atoms with van der Waals surface area (Å²) in [5.74, 6) is 3.29. The van der Waals surface area contributed by atoms with E-state index in [4.69, 9.17) is 0 Å². The van der Waals surface area contributed by atoms with Crippen molar-refractivity contribution in [1.82, 2.24) is 0 Å². The molecule has 3 nitrogen and oxygen atoms in total. The average molecular weight is 261 g/mol. The SMILES string of the molecule is NC(=O)OCC#Cc1ccc(F)cc1C(F)(F)F. The van der Waals surface area contributed by atoms with Crippen LogP contribution in [0.5, 0.6) is 0 Å². The molecule has 0 aliphatic heterocycles. The van der Waals surface area contributed by atoms with Crippen LogP contribution in [0, 0.1) is 17.7 Å². The summed E-state index contributed by atoms with van der Waals surface area (Å²) in [6, 6.07) is 2.10. The molecule has 18 heavy (non-hydrogen) atoms. The van der Waals surface area contributed by atoms with E-state index in [2.05, 4.69) is 22.3 Å². The molecule has 0 spiro atoms. The van der Waals surface area contributed by atoms with Gasteiger partial charge in [0.2, 0.25) is 0 Å². The number of alkyl halides is 3. The average Bonchev–Trinajstić information content (AvgIpc) is 2.24. The molecule has 0 saturated carbocycles. The third-order valence-corrected chi connectivity index (χ3v) is 1.80. The maximum absolute atomic E-state index is 12.7. The van der Waals surface area contributed by atoms with Gasteiger partial charge in [0, 0.05) is 5.56 Å². The Morgan fingerprint density at radius 1 is 1.39 bits per heavy atom. The Kier molecular flexibility index (Phi) is 4.15. The highest BCUT2D eigenvalue weighted by Crippen LogP contribution is 2.32. The van der Waals surface area contributed by atoms with Crippen LogP contribution in [0.4, 0.5) is 22.4 Å². The Labute approximate surface area is 99.5 Å². The fraction of sp³-hybridized carbons (Fsp3) is 0.182. The lowest BCUT2D eigenvalue weighted by atomic mass is 10.1. The zero-order chi connectivity index (χ0) is 13.8. The van der Waals surface area contributed by atoms with Gasteiger partial charge in [-0.2, -0.15) is 13.2 Å². The van der Waals surface area contributed by atoms with Gasteiger partial charge in [-0.05, 0) is 18.2 Å². The molecule has 1 amide bonds. The molecule has 0 fully saturated rings. The van der Waals surface area contributed by atoms with E-state index in [1.54, 1.807) is 0 Å². The largest absolute Gasteiger partial charge is 0.437 e. The first-order chi connectivity index (χ1) is 8.30. The molecule has 0 radical (unpaired) electrons. The van der Waals surface area contributed by atoms with Gasteiger partial charge in [0.1, 0.15) is 5.82 Å². The van der Waals surface area contributed by atoms with Crippen LogP contribution in [0.1, 0.15) is 11.1 Å². The molecule has 1 aromatic rings. The topological polar surface area (TPSA) is 52.3 Å². The fourth-order valence-corrected chi connectivity index (χ4v) is 1.10. The van der Waals surface area contributed by atoms with Gasteiger partial charge in [0.25, 0.3) is 0 Å². The molecule has 0 aromatic heterocycles. The second-order valence-corrected chi connectivity index (χ2v) is 3.10. The molecule has 7 heteroatoms. The quantitative estimate of drug-likeness (QED) is 0.623. The second kappa shape index (κ2) is 5.40. The van der Waals surface area contributed by atoms with Crippen LogP contribution in [0.15, 0.2) is 18.2 Å². The number of carbonyl (C=O) groups excluding carboxylic acids is 1. The third kappa shape index (κ3) is 3.97. The molecule has 0 bridgehead atoms. The molecule has 96 valence electrons. The lowest BCUT2D eigenvalue weighted by Gasteiger charge is -2.08. The number of hydrogen-bond acceptors (Lipinski definition) is 2. The summed E-state index contributed by atoms with van der Waals surface area (Å²) >= 11 is 0. The second-order valence-electron chi connectivity index (χ2n) is 3.10. The number of carbonyl (C=O) groups is 1. The molecule has 0 atom stereocenters. The number of hydrogen-bond donors (Lipinski definition) is 1. The predicted octanol–water partition coefficient (Wildman–Crippen LogP) is 2.29. The van der Waals surface area contributed by atoms with E-state index in [9.17, 15) is 22.4 Å². The Bertz CT molecular complexity index is 514. The van der Waals surface area contributed by atoms with Crippen LogP contribution in [0.2, 0.25) is 0 Å². The van der Waals surface area contributed by atoms with Crippen molar-refractivity contribution in [2.24, 2.45) is 5.73 Å². The van der Waals surface area contributed by atoms with Crippen molar-refractivity contribution in [2.45, 2.75) is 6.18 Å². The van der Waals surface area contributed by atoms with Gasteiger partial charge in [0.15, 0.2) is 6.61 Å². The summed E-state index contributed by atoms with van der Waals surface area (Å²) in [5.41, 5.74) is 3.04. The summed E-state index contributed by atoms with van der Waals surface area (Å²) in [6.45, 7) is -0.440. The van der Waals surface area contributed by atoms with Crippen LogP contribution in [0.25, 0.3) is 0 Å². The van der Waals surface area contributed by atoms with Gasteiger partial charge in [-0.3, -0.25) is 0 Å². The summed E-state index contributed by atoms with van der Waals surface area (Å²) in [5, 5.41) is 0. The van der Waals surface area contributed by atoms with Gasteiger partial charge < -0.3 is 10.5 Å². The monoisotopic (exact) mass is 261 g/mol. The van der Waals surface area contributed by atoms with E-state index in [1.807, 2.05) is 0 Å². The van der Waals surface area contributed by atoms with Crippen molar-refractivity contribution in [3.63, 3.8) is 0 Å². The van der Waals surface area contributed by atoms with Crippen molar-refractivity contribution in [1.29, 1.82) is 0 Å². The third-order valence-electron chi connectivity index (χ3n) is 1.80. The number of rotatable bonds is 1. The molecule has 2 N–H and O–H groups in total. The molecule has 0 unspecified atom stereocenters. The summed E-state index contributed by atoms with van der Waals surface area (Å²) < 4.78 is 54.5. The summed E-state index contributed by atoms with van der Waals surface area (Å²) in [7, 11) is 0. The lowest BCUT2D eigenvalue weighted by molar-refractivity contribution is -0.137. The Balaban J connectivity index is 2.98. The van der Waals surface area contributed by atoms with E-state index >= 15 is 0 Å². The minimum Gasteiger partial charge on any atom is -0.437 e. The molecular formula is C11H7F4NO2. The number of ether oxygens (including phenoxy) is 1. The van der Waals surface area contributed by atoms with Crippen molar-refractivity contribution in [2.75, 3.05) is 6.61 Å². The van der Waals surface area contributed by atoms with Gasteiger partial charge in [0.05, 0.1) is 5.56 Å². The smallest absolute Gasteiger partial charge is 0.417 e. The van der Waals surface area contributed by atoms with E-state index in [0.29, 0.717) is 6.07 Å². The van der Waals surface area contributed by atoms with Crippen molar-refractivity contribution >= 4 is 6.09 Å². The van der Waals surface area contributed by atoms with Crippen molar-refractivity contribution < 1.29 is 27.1 Å². The van der Waals surface area contributed by atoms with Gasteiger partial charge >= 0.3 is 12.3 Å². The lowest BCUT2D eigenvalue weighted by Crippen LogP contribution is -2.13. The van der Waals surface area contributed by atoms with E-state index in [0.717, 1.165) is 12.1 Å². The first kappa shape index (κ1) is 13.8. The highest BCUT2D eigenvalue weighted by atomic mass is 19.4. The minimum absolute atomic E-state index is 0.346. The predicted molar refractivity (Wildman–Crippen MR) is 53.8 cm³/mol. The Morgan fingerprint density at radius 2 is 2.06 bits per heavy atom. The summed E-state index contributed by atoms with van der Waals surface area (Å²) in [4.78, 5) is 10.2. The summed E-state index contributed by atoms with van der Waals surface area (Å²) in [6.07, 6.45) is -5.80. The van der Waals surface area contributed by atoms with Crippen molar-refractivity contribution in [3.05, 3.63) is 35.1 Å². The fourth-order valence-electron chi connectivity index (χ4n) is 1.10. The van der Waals surface area contributed by atoms with E-state index < -0.39 is 35.8 Å². The zero-order valence-corrected chi connectivity index (χ0v) is 8.84. The number of benzene rings is 1. The zero-order valence-electron chi connectivity index (χ0n) is 8.84. The number of nitrogens with two attached hydrogens (primary N) is 1. The highest BCUT2D eigenvalue weighted by molar-refractivity contribution is 5.64. The first-order valence-electron chi connectivity index (χ1n) is 4.58. The first-order valence-corrected chi connectivity index (χ1v) is 4.58.